The van der Waals surface area contributed by atoms with Crippen LogP contribution in [0.1, 0.15) is 16.7 Å². The van der Waals surface area contributed by atoms with E-state index >= 15 is 0 Å². The minimum absolute atomic E-state index is 0.470. The largest absolute Gasteiger partial charge is 0.309 e. The minimum atomic E-state index is 0.470. The highest BCUT2D eigenvalue weighted by molar-refractivity contribution is 6.14. The highest BCUT2D eigenvalue weighted by atomic mass is 15.0. The van der Waals surface area contributed by atoms with Gasteiger partial charge in [-0.2, -0.15) is 0 Å². The average molecular weight is 805 g/mol. The van der Waals surface area contributed by atoms with Gasteiger partial charge in [0, 0.05) is 33.2 Å². The third-order valence-electron chi connectivity index (χ3n) is 11.9. The monoisotopic (exact) mass is 804 g/mol. The molecule has 0 radical (unpaired) electrons. The molecule has 63 heavy (non-hydrogen) atoms. The Labute approximate surface area is 366 Å². The van der Waals surface area contributed by atoms with Gasteiger partial charge in [-0.1, -0.05) is 194 Å². The lowest BCUT2D eigenvalue weighted by Gasteiger charge is -2.14. The van der Waals surface area contributed by atoms with Crippen LogP contribution in [0.2, 0.25) is 0 Å². The number of fused-ring (bicyclic) bond motifs is 4. The summed E-state index contributed by atoms with van der Waals surface area (Å²) in [5.74, 6) is 0.684. The van der Waals surface area contributed by atoms with Gasteiger partial charge in [-0.3, -0.25) is 0 Å². The number of hydrogen-bond acceptors (Lipinski definition) is 3. The van der Waals surface area contributed by atoms with Crippen molar-refractivity contribution in [3.63, 3.8) is 0 Å². The third kappa shape index (κ3) is 7.20. The Hall–Kier alpha value is -8.47. The molecule has 2 aromatic heterocycles. The van der Waals surface area contributed by atoms with E-state index in [1.54, 1.807) is 0 Å². The molecule has 0 bridgehead atoms. The van der Waals surface area contributed by atoms with E-state index in [4.69, 9.17) is 15.4 Å². The van der Waals surface area contributed by atoms with Crippen LogP contribution in [0.5, 0.6) is 0 Å². The van der Waals surface area contributed by atoms with E-state index in [2.05, 4.69) is 180 Å². The van der Waals surface area contributed by atoms with Gasteiger partial charge in [0.15, 0.2) is 5.82 Å². The SMILES string of the molecule is N=C(/C=C(/c1ccccc1)c1cccc2ccc(-c3ccc(-c4cc(-c5ccc(-n6c7ccccc7c7ccccc76)cc5)nc(-c5ccccc5)n4)cc3)cc12)c1ccccc1. The Morgan fingerprint density at radius 3 is 1.56 bits per heavy atom. The van der Waals surface area contributed by atoms with Crippen molar-refractivity contribution in [2.45, 2.75) is 0 Å². The lowest BCUT2D eigenvalue weighted by molar-refractivity contribution is 1.17. The van der Waals surface area contributed by atoms with Crippen LogP contribution < -0.4 is 0 Å². The summed E-state index contributed by atoms with van der Waals surface area (Å²) in [6.07, 6.45) is 2.00. The van der Waals surface area contributed by atoms with Gasteiger partial charge in [0.05, 0.1) is 28.1 Å². The van der Waals surface area contributed by atoms with E-state index in [1.807, 2.05) is 60.7 Å². The molecule has 0 unspecified atom stereocenters. The predicted molar refractivity (Wildman–Crippen MR) is 262 cm³/mol. The first-order valence-electron chi connectivity index (χ1n) is 21.2. The van der Waals surface area contributed by atoms with Crippen molar-refractivity contribution >= 4 is 43.9 Å². The second kappa shape index (κ2) is 16.2. The van der Waals surface area contributed by atoms with E-state index in [-0.39, 0.29) is 0 Å². The molecule has 0 aliphatic heterocycles. The van der Waals surface area contributed by atoms with E-state index in [0.717, 1.165) is 77.9 Å². The van der Waals surface area contributed by atoms with Gasteiger partial charge in [-0.15, -0.1) is 0 Å². The molecule has 0 aliphatic rings. The van der Waals surface area contributed by atoms with Crippen molar-refractivity contribution in [1.82, 2.24) is 14.5 Å². The van der Waals surface area contributed by atoms with Gasteiger partial charge in [0.25, 0.3) is 0 Å². The van der Waals surface area contributed by atoms with Gasteiger partial charge in [0.1, 0.15) is 0 Å². The van der Waals surface area contributed by atoms with Crippen molar-refractivity contribution in [2.24, 2.45) is 0 Å². The predicted octanol–water partition coefficient (Wildman–Crippen LogP) is 14.9. The Balaban J connectivity index is 0.958. The van der Waals surface area contributed by atoms with Crippen molar-refractivity contribution < 1.29 is 0 Å². The number of allylic oxidation sites excluding steroid dienone is 1. The molecular weight excluding hydrogens is 765 g/mol. The van der Waals surface area contributed by atoms with Crippen LogP contribution in [0.3, 0.4) is 0 Å². The lowest BCUT2D eigenvalue weighted by Crippen LogP contribution is -1.98. The van der Waals surface area contributed by atoms with Crippen molar-refractivity contribution in [3.8, 4) is 50.7 Å². The zero-order chi connectivity index (χ0) is 42.1. The summed E-state index contributed by atoms with van der Waals surface area (Å²) < 4.78 is 2.34. The number of aromatic nitrogens is 3. The molecule has 0 spiro atoms. The average Bonchev–Trinajstić information content (AvgIpc) is 3.70. The number of nitrogens with one attached hydrogen (secondary N) is 1. The normalized spacial score (nSPS) is 11.7. The Kier molecular flexibility index (Phi) is 9.64. The maximum Gasteiger partial charge on any atom is 0.160 e. The number of para-hydroxylation sites is 2. The fourth-order valence-electron chi connectivity index (χ4n) is 8.74. The summed E-state index contributed by atoms with van der Waals surface area (Å²) in [4.78, 5) is 10.3. The van der Waals surface area contributed by atoms with Gasteiger partial charge in [-0.05, 0) is 86.6 Å². The number of rotatable bonds is 9. The molecule has 2 heterocycles. The van der Waals surface area contributed by atoms with Crippen molar-refractivity contribution in [3.05, 3.63) is 253 Å². The fourth-order valence-corrected chi connectivity index (χ4v) is 8.74. The van der Waals surface area contributed by atoms with Crippen LogP contribution >= 0.6 is 0 Å². The van der Waals surface area contributed by atoms with Gasteiger partial charge in [0.2, 0.25) is 0 Å². The molecule has 0 amide bonds. The molecule has 0 saturated heterocycles. The highest BCUT2D eigenvalue weighted by Gasteiger charge is 2.16. The van der Waals surface area contributed by atoms with Gasteiger partial charge < -0.3 is 9.98 Å². The molecule has 11 rings (SSSR count). The van der Waals surface area contributed by atoms with E-state index in [1.165, 1.54) is 21.8 Å². The first kappa shape index (κ1) is 37.5. The Bertz CT molecular complexity index is 3420. The molecule has 4 heteroatoms. The summed E-state index contributed by atoms with van der Waals surface area (Å²) in [5.41, 5.74) is 14.9. The highest BCUT2D eigenvalue weighted by Crippen LogP contribution is 2.36. The molecule has 1 N–H and O–H groups in total. The molecule has 4 nitrogen and oxygen atoms in total. The summed E-state index contributed by atoms with van der Waals surface area (Å²) in [6, 6.07) is 80.3. The lowest BCUT2D eigenvalue weighted by atomic mass is 9.90. The maximum atomic E-state index is 9.06. The topological polar surface area (TPSA) is 54.6 Å². The Morgan fingerprint density at radius 2 is 0.921 bits per heavy atom. The number of benzene rings is 9. The van der Waals surface area contributed by atoms with Crippen LogP contribution in [0.15, 0.2) is 237 Å². The molecule has 0 aliphatic carbocycles. The summed E-state index contributed by atoms with van der Waals surface area (Å²) in [7, 11) is 0. The molecule has 0 fully saturated rings. The molecule has 11 aromatic rings. The van der Waals surface area contributed by atoms with Gasteiger partial charge in [-0.25, -0.2) is 9.97 Å². The van der Waals surface area contributed by atoms with Crippen LogP contribution in [0.25, 0.3) is 88.9 Å². The van der Waals surface area contributed by atoms with Crippen molar-refractivity contribution in [2.75, 3.05) is 0 Å². The van der Waals surface area contributed by atoms with E-state index < -0.39 is 0 Å². The summed E-state index contributed by atoms with van der Waals surface area (Å²) >= 11 is 0. The van der Waals surface area contributed by atoms with Crippen LogP contribution in [-0.4, -0.2) is 20.2 Å². The molecule has 0 atom stereocenters. The smallest absolute Gasteiger partial charge is 0.160 e. The van der Waals surface area contributed by atoms with E-state index in [9.17, 15) is 0 Å². The molecular formula is C59H40N4. The van der Waals surface area contributed by atoms with Crippen LogP contribution in [0, 0.1) is 5.41 Å². The first-order valence-corrected chi connectivity index (χ1v) is 21.2. The van der Waals surface area contributed by atoms with Crippen LogP contribution in [0.4, 0.5) is 0 Å². The zero-order valence-corrected chi connectivity index (χ0v) is 34.4. The third-order valence-corrected chi connectivity index (χ3v) is 11.9. The number of nitrogens with zero attached hydrogens (tertiary/aromatic N) is 3. The zero-order valence-electron chi connectivity index (χ0n) is 34.4. The first-order chi connectivity index (χ1) is 31.1. The van der Waals surface area contributed by atoms with Crippen LogP contribution in [-0.2, 0) is 0 Å². The molecule has 0 saturated carbocycles. The molecule has 296 valence electrons. The quantitative estimate of drug-likeness (QED) is 0.148. The summed E-state index contributed by atoms with van der Waals surface area (Å²) in [6.45, 7) is 0. The fraction of sp³-hybridized carbons (Fsp3) is 0. The number of hydrogen-bond donors (Lipinski definition) is 1. The maximum absolute atomic E-state index is 9.06. The standard InChI is InChI=1S/C59H40N4/c60-54(43-17-6-2-7-18-43)38-53(41-15-4-1-5-16-41)49-24-14-21-42-29-32-47(37-52(42)49)40-27-30-44(31-28-40)55-39-56(62-59(61-55)46-19-8-3-9-20-46)45-33-35-48(36-34-45)63-57-25-12-10-22-50(57)51-23-11-13-26-58(51)63/h1-39,60H/b53-38-,60-54?. The Morgan fingerprint density at radius 1 is 0.397 bits per heavy atom. The molecule has 9 aromatic carbocycles. The van der Waals surface area contributed by atoms with Gasteiger partial charge >= 0.3 is 0 Å². The second-order valence-electron chi connectivity index (χ2n) is 15.8. The summed E-state index contributed by atoms with van der Waals surface area (Å²) in [5, 5.41) is 13.8. The van der Waals surface area contributed by atoms with Crippen molar-refractivity contribution in [1.29, 1.82) is 5.41 Å². The van der Waals surface area contributed by atoms with E-state index in [0.29, 0.717) is 11.5 Å². The second-order valence-corrected chi connectivity index (χ2v) is 15.8. The minimum Gasteiger partial charge on any atom is -0.309 e.